The van der Waals surface area contributed by atoms with Crippen LogP contribution in [0.25, 0.3) is 0 Å². The second kappa shape index (κ2) is 6.44. The summed E-state index contributed by atoms with van der Waals surface area (Å²) in [6.45, 7) is 6.00. The van der Waals surface area contributed by atoms with Gasteiger partial charge in [-0.25, -0.2) is 0 Å². The fourth-order valence-electron chi connectivity index (χ4n) is 1.56. The van der Waals surface area contributed by atoms with Crippen molar-refractivity contribution in [1.29, 1.82) is 0 Å². The lowest BCUT2D eigenvalue weighted by Crippen LogP contribution is -2.32. The molecule has 2 N–H and O–H groups in total. The molecule has 0 saturated heterocycles. The number of rotatable bonds is 4. The minimum Gasteiger partial charge on any atom is -0.321 e. The van der Waals surface area contributed by atoms with Crippen molar-refractivity contribution in [3.63, 3.8) is 0 Å². The normalized spacial score (nSPS) is 11.8. The first-order chi connectivity index (χ1) is 7.04. The number of hydrogen-bond acceptors (Lipinski definition) is 2. The van der Waals surface area contributed by atoms with Crippen LogP contribution in [-0.2, 0) is 11.2 Å². The van der Waals surface area contributed by atoms with Gasteiger partial charge in [0.05, 0.1) is 6.04 Å². The van der Waals surface area contributed by atoms with Crippen molar-refractivity contribution in [3.05, 3.63) is 34.9 Å². The summed E-state index contributed by atoms with van der Waals surface area (Å²) in [4.78, 5) is 11.3. The number of carbonyl (C=O) groups excluding carboxylic acids is 1. The van der Waals surface area contributed by atoms with E-state index < -0.39 is 0 Å². The standard InChI is InChI=1S/C13H19NO.CH4/c1-4-13(15)12(14)8-11-6-5-9(2)10(3)7-11;/h5-7,12H,4,8,14H2,1-3H3;1H4. The van der Waals surface area contributed by atoms with E-state index in [1.54, 1.807) is 0 Å². The van der Waals surface area contributed by atoms with E-state index in [2.05, 4.69) is 26.0 Å². The quantitative estimate of drug-likeness (QED) is 0.849. The highest BCUT2D eigenvalue weighted by Crippen LogP contribution is 2.11. The van der Waals surface area contributed by atoms with Crippen molar-refractivity contribution in [2.75, 3.05) is 0 Å². The van der Waals surface area contributed by atoms with Crippen LogP contribution >= 0.6 is 0 Å². The summed E-state index contributed by atoms with van der Waals surface area (Å²) in [6.07, 6.45) is 1.17. The first-order valence-corrected chi connectivity index (χ1v) is 5.39. The summed E-state index contributed by atoms with van der Waals surface area (Å²) in [5.41, 5.74) is 9.47. The number of hydrogen-bond donors (Lipinski definition) is 1. The van der Waals surface area contributed by atoms with Gasteiger partial charge in [-0.05, 0) is 37.0 Å². The van der Waals surface area contributed by atoms with Gasteiger partial charge in [0.25, 0.3) is 0 Å². The van der Waals surface area contributed by atoms with E-state index in [-0.39, 0.29) is 19.3 Å². The van der Waals surface area contributed by atoms with Gasteiger partial charge in [-0.15, -0.1) is 0 Å². The van der Waals surface area contributed by atoms with E-state index in [9.17, 15) is 4.79 Å². The zero-order valence-electron chi connectivity index (χ0n) is 9.71. The molecular weight excluding hydrogens is 198 g/mol. The Balaban J connectivity index is 0.00000225. The molecule has 0 aromatic heterocycles. The van der Waals surface area contributed by atoms with Crippen molar-refractivity contribution in [2.24, 2.45) is 5.73 Å². The smallest absolute Gasteiger partial charge is 0.149 e. The van der Waals surface area contributed by atoms with Gasteiger partial charge >= 0.3 is 0 Å². The van der Waals surface area contributed by atoms with Gasteiger partial charge in [-0.3, -0.25) is 4.79 Å². The first-order valence-electron chi connectivity index (χ1n) is 5.39. The monoisotopic (exact) mass is 221 g/mol. The summed E-state index contributed by atoms with van der Waals surface area (Å²) in [6, 6.07) is 5.88. The highest BCUT2D eigenvalue weighted by molar-refractivity contribution is 5.83. The van der Waals surface area contributed by atoms with Crippen LogP contribution in [0.4, 0.5) is 0 Å². The van der Waals surface area contributed by atoms with Gasteiger partial charge in [-0.1, -0.05) is 32.5 Å². The summed E-state index contributed by atoms with van der Waals surface area (Å²) < 4.78 is 0. The second-order valence-corrected chi connectivity index (χ2v) is 4.05. The van der Waals surface area contributed by atoms with Crippen LogP contribution in [0.1, 0.15) is 37.5 Å². The third-order valence-electron chi connectivity index (χ3n) is 2.79. The lowest BCUT2D eigenvalue weighted by molar-refractivity contribution is -0.119. The fraction of sp³-hybridized carbons (Fsp3) is 0.500. The number of carbonyl (C=O) groups is 1. The molecule has 1 atom stereocenters. The van der Waals surface area contributed by atoms with Gasteiger partial charge in [-0.2, -0.15) is 0 Å². The third-order valence-corrected chi connectivity index (χ3v) is 2.79. The molecule has 1 rings (SSSR count). The molecule has 1 aromatic rings. The lowest BCUT2D eigenvalue weighted by atomic mass is 9.99. The Labute approximate surface area is 98.9 Å². The Morgan fingerprint density at radius 3 is 2.44 bits per heavy atom. The van der Waals surface area contributed by atoms with Crippen LogP contribution in [0.15, 0.2) is 18.2 Å². The van der Waals surface area contributed by atoms with Gasteiger partial charge in [0.15, 0.2) is 0 Å². The molecule has 0 saturated carbocycles. The van der Waals surface area contributed by atoms with Crippen LogP contribution in [0.2, 0.25) is 0 Å². The van der Waals surface area contributed by atoms with E-state index >= 15 is 0 Å². The number of Topliss-reactive ketones (excluding diaryl/α,β-unsaturated/α-hetero) is 1. The summed E-state index contributed by atoms with van der Waals surface area (Å²) in [5.74, 6) is 0.133. The highest BCUT2D eigenvalue weighted by atomic mass is 16.1. The molecular formula is C14H23NO. The largest absolute Gasteiger partial charge is 0.321 e. The third kappa shape index (κ3) is 3.78. The van der Waals surface area contributed by atoms with Gasteiger partial charge in [0.2, 0.25) is 0 Å². The molecule has 0 fully saturated rings. The van der Waals surface area contributed by atoms with Crippen LogP contribution in [0.5, 0.6) is 0 Å². The van der Waals surface area contributed by atoms with E-state index in [1.807, 2.05) is 13.0 Å². The fourth-order valence-corrected chi connectivity index (χ4v) is 1.56. The maximum Gasteiger partial charge on any atom is 0.149 e. The highest BCUT2D eigenvalue weighted by Gasteiger charge is 2.11. The van der Waals surface area contributed by atoms with E-state index in [4.69, 9.17) is 5.73 Å². The zero-order valence-corrected chi connectivity index (χ0v) is 9.71. The minimum atomic E-state index is -0.350. The molecule has 0 heterocycles. The maximum atomic E-state index is 11.3. The maximum absolute atomic E-state index is 11.3. The molecule has 2 nitrogen and oxygen atoms in total. The molecule has 0 aliphatic rings. The Kier molecular flexibility index (Phi) is 5.97. The van der Waals surface area contributed by atoms with Crippen LogP contribution in [0, 0.1) is 13.8 Å². The van der Waals surface area contributed by atoms with Gasteiger partial charge < -0.3 is 5.73 Å². The Morgan fingerprint density at radius 2 is 1.94 bits per heavy atom. The first kappa shape index (κ1) is 14.8. The SMILES string of the molecule is C.CCC(=O)C(N)Cc1ccc(C)c(C)c1. The number of benzene rings is 1. The molecule has 0 amide bonds. The molecule has 1 aromatic carbocycles. The molecule has 16 heavy (non-hydrogen) atoms. The molecule has 1 unspecified atom stereocenters. The van der Waals surface area contributed by atoms with E-state index in [0.717, 1.165) is 5.56 Å². The van der Waals surface area contributed by atoms with E-state index in [1.165, 1.54) is 11.1 Å². The van der Waals surface area contributed by atoms with Crippen LogP contribution in [-0.4, -0.2) is 11.8 Å². The Bertz CT molecular complexity index is 358. The molecule has 90 valence electrons. The zero-order chi connectivity index (χ0) is 11.4. The summed E-state index contributed by atoms with van der Waals surface area (Å²) >= 11 is 0. The van der Waals surface area contributed by atoms with Gasteiger partial charge in [0, 0.05) is 6.42 Å². The van der Waals surface area contributed by atoms with Crippen molar-refractivity contribution in [2.45, 2.75) is 47.1 Å². The second-order valence-electron chi connectivity index (χ2n) is 4.05. The predicted molar refractivity (Wildman–Crippen MR) is 69.6 cm³/mol. The molecule has 0 bridgehead atoms. The minimum absolute atomic E-state index is 0. The van der Waals surface area contributed by atoms with Crippen LogP contribution < -0.4 is 5.73 Å². The van der Waals surface area contributed by atoms with E-state index in [0.29, 0.717) is 12.8 Å². The summed E-state index contributed by atoms with van der Waals surface area (Å²) in [7, 11) is 0. The molecule has 0 aliphatic heterocycles. The van der Waals surface area contributed by atoms with Crippen molar-refractivity contribution in [3.8, 4) is 0 Å². The Hall–Kier alpha value is -1.15. The topological polar surface area (TPSA) is 43.1 Å². The van der Waals surface area contributed by atoms with Crippen molar-refractivity contribution < 1.29 is 4.79 Å². The van der Waals surface area contributed by atoms with Crippen molar-refractivity contribution >= 4 is 5.78 Å². The number of nitrogens with two attached hydrogens (primary N) is 1. The average Bonchev–Trinajstić information content (AvgIpc) is 2.22. The van der Waals surface area contributed by atoms with Gasteiger partial charge in [0.1, 0.15) is 5.78 Å². The number of ketones is 1. The van der Waals surface area contributed by atoms with Crippen LogP contribution in [0.3, 0.4) is 0 Å². The molecule has 0 radical (unpaired) electrons. The predicted octanol–water partition coefficient (Wildman–Crippen LogP) is 2.79. The Morgan fingerprint density at radius 1 is 1.31 bits per heavy atom. The molecule has 0 spiro atoms. The molecule has 0 aliphatic carbocycles. The van der Waals surface area contributed by atoms with Crippen molar-refractivity contribution in [1.82, 2.24) is 0 Å². The average molecular weight is 221 g/mol. The molecule has 2 heteroatoms. The number of aryl methyl sites for hydroxylation is 2. The summed E-state index contributed by atoms with van der Waals surface area (Å²) in [5, 5.41) is 0. The lowest BCUT2D eigenvalue weighted by Gasteiger charge is -2.10.